The molecule has 1 aromatic rings. The van der Waals surface area contributed by atoms with Crippen LogP contribution in [-0.2, 0) is 11.8 Å². The Balaban J connectivity index is 1.27. The maximum Gasteiger partial charge on any atom is 0.255 e. The molecule has 27 heavy (non-hydrogen) atoms. The van der Waals surface area contributed by atoms with Gasteiger partial charge in [-0.1, -0.05) is 0 Å². The van der Waals surface area contributed by atoms with E-state index < -0.39 is 0 Å². The summed E-state index contributed by atoms with van der Waals surface area (Å²) in [5.41, 5.74) is 0.686. The van der Waals surface area contributed by atoms with Crippen LogP contribution in [0.25, 0.3) is 0 Å². The molecule has 1 aromatic heterocycles. The first-order chi connectivity index (χ1) is 13.0. The molecule has 6 rings (SSSR count). The van der Waals surface area contributed by atoms with Gasteiger partial charge in [0.1, 0.15) is 0 Å². The van der Waals surface area contributed by atoms with E-state index in [4.69, 9.17) is 0 Å². The number of rotatable bonds is 2. The molecule has 1 saturated heterocycles. The topological polar surface area (TPSA) is 45.6 Å². The van der Waals surface area contributed by atoms with Crippen molar-refractivity contribution in [2.45, 2.75) is 44.9 Å². The van der Waals surface area contributed by atoms with Crippen LogP contribution in [-0.4, -0.2) is 52.4 Å². The van der Waals surface area contributed by atoms with Crippen LogP contribution in [0.4, 0.5) is 0 Å². The van der Waals surface area contributed by atoms with E-state index in [2.05, 4.69) is 4.90 Å². The smallest absolute Gasteiger partial charge is 0.255 e. The van der Waals surface area contributed by atoms with E-state index in [1.807, 2.05) is 35.0 Å². The maximum absolute atomic E-state index is 13.6. The molecule has 4 saturated carbocycles. The van der Waals surface area contributed by atoms with Gasteiger partial charge in [0.15, 0.2) is 0 Å². The molecule has 5 heteroatoms. The first kappa shape index (κ1) is 17.3. The molecule has 5 fully saturated rings. The first-order valence-electron chi connectivity index (χ1n) is 10.7. The van der Waals surface area contributed by atoms with Crippen LogP contribution in [0.5, 0.6) is 0 Å². The van der Waals surface area contributed by atoms with Gasteiger partial charge < -0.3 is 14.4 Å². The second-order valence-electron chi connectivity index (χ2n) is 9.70. The Morgan fingerprint density at radius 2 is 1.52 bits per heavy atom. The van der Waals surface area contributed by atoms with Gasteiger partial charge in [0.05, 0.1) is 11.0 Å². The molecule has 4 bridgehead atoms. The quantitative estimate of drug-likeness (QED) is 0.805. The fraction of sp³-hybridized carbons (Fsp3) is 0.727. The summed E-state index contributed by atoms with van der Waals surface area (Å²) in [5, 5.41) is 0. The summed E-state index contributed by atoms with van der Waals surface area (Å²) in [6.45, 7) is 2.91. The zero-order valence-corrected chi connectivity index (χ0v) is 16.4. The molecule has 0 N–H and O–H groups in total. The lowest BCUT2D eigenvalue weighted by atomic mass is 9.49. The summed E-state index contributed by atoms with van der Waals surface area (Å²) in [7, 11) is 1.94. The molecule has 0 unspecified atom stereocenters. The van der Waals surface area contributed by atoms with Crippen molar-refractivity contribution in [2.24, 2.45) is 30.2 Å². The molecular weight excluding hydrogens is 338 g/mol. The Hall–Kier alpha value is -1.78. The van der Waals surface area contributed by atoms with E-state index in [-0.39, 0.29) is 11.3 Å². The minimum atomic E-state index is -0.0621. The van der Waals surface area contributed by atoms with Crippen molar-refractivity contribution in [2.75, 3.05) is 26.2 Å². The molecule has 2 heterocycles. The van der Waals surface area contributed by atoms with E-state index in [0.717, 1.165) is 62.1 Å². The molecule has 146 valence electrons. The zero-order valence-electron chi connectivity index (χ0n) is 16.4. The number of carbonyl (C=O) groups excluding carboxylic acids is 2. The number of amides is 2. The van der Waals surface area contributed by atoms with Crippen molar-refractivity contribution < 1.29 is 9.59 Å². The van der Waals surface area contributed by atoms with Crippen molar-refractivity contribution >= 4 is 11.8 Å². The van der Waals surface area contributed by atoms with Gasteiger partial charge in [-0.2, -0.15) is 0 Å². The second kappa shape index (κ2) is 6.39. The standard InChI is InChI=1S/C22H31N3O2/c1-23-6-3-19(15-23)20(26)24-4-2-5-25(8-7-24)21(27)22-12-16-9-17(13-22)11-18(10-16)14-22/h3,6,15-18H,2,4-5,7-14H2,1H3. The first-order valence-corrected chi connectivity index (χ1v) is 10.7. The predicted octanol–water partition coefficient (Wildman–Crippen LogP) is 2.92. The van der Waals surface area contributed by atoms with Crippen LogP contribution in [0.15, 0.2) is 18.5 Å². The third-order valence-corrected chi connectivity index (χ3v) is 7.64. The minimum absolute atomic E-state index is 0.0621. The molecule has 5 aliphatic rings. The summed E-state index contributed by atoms with van der Waals surface area (Å²) >= 11 is 0. The van der Waals surface area contributed by atoms with Crippen LogP contribution in [0, 0.1) is 23.2 Å². The van der Waals surface area contributed by atoms with Gasteiger partial charge in [-0.25, -0.2) is 0 Å². The highest BCUT2D eigenvalue weighted by atomic mass is 16.2. The zero-order chi connectivity index (χ0) is 18.6. The van der Waals surface area contributed by atoms with Crippen molar-refractivity contribution in [1.82, 2.24) is 14.4 Å². The van der Waals surface area contributed by atoms with Crippen LogP contribution in [0.2, 0.25) is 0 Å². The Labute approximate surface area is 161 Å². The largest absolute Gasteiger partial charge is 0.356 e. The third-order valence-electron chi connectivity index (χ3n) is 7.64. The minimum Gasteiger partial charge on any atom is -0.356 e. The van der Waals surface area contributed by atoms with Crippen LogP contribution < -0.4 is 0 Å². The highest BCUT2D eigenvalue weighted by Crippen LogP contribution is 2.60. The van der Waals surface area contributed by atoms with Gasteiger partial charge in [0, 0.05) is 45.6 Å². The Morgan fingerprint density at radius 1 is 0.926 bits per heavy atom. The van der Waals surface area contributed by atoms with E-state index in [1.165, 1.54) is 19.3 Å². The molecule has 4 aliphatic carbocycles. The highest BCUT2D eigenvalue weighted by molar-refractivity contribution is 5.94. The van der Waals surface area contributed by atoms with Gasteiger partial charge in [-0.3, -0.25) is 9.59 Å². The number of aromatic nitrogens is 1. The van der Waals surface area contributed by atoms with Crippen molar-refractivity contribution in [3.8, 4) is 0 Å². The number of hydrogen-bond acceptors (Lipinski definition) is 2. The lowest BCUT2D eigenvalue weighted by Crippen LogP contribution is -2.55. The van der Waals surface area contributed by atoms with Crippen LogP contribution >= 0.6 is 0 Å². The van der Waals surface area contributed by atoms with E-state index in [9.17, 15) is 9.59 Å². The lowest BCUT2D eigenvalue weighted by Gasteiger charge is -2.56. The third kappa shape index (κ3) is 2.99. The summed E-state index contributed by atoms with van der Waals surface area (Å²) < 4.78 is 1.91. The van der Waals surface area contributed by atoms with Gasteiger partial charge in [0.2, 0.25) is 5.91 Å². The van der Waals surface area contributed by atoms with E-state index in [1.54, 1.807) is 0 Å². The molecule has 0 radical (unpaired) electrons. The average Bonchev–Trinajstić information content (AvgIpc) is 2.92. The number of carbonyl (C=O) groups is 2. The van der Waals surface area contributed by atoms with Gasteiger partial charge in [-0.05, 0) is 68.8 Å². The Kier molecular flexibility index (Phi) is 4.10. The molecule has 5 nitrogen and oxygen atoms in total. The van der Waals surface area contributed by atoms with Crippen LogP contribution in [0.1, 0.15) is 55.3 Å². The van der Waals surface area contributed by atoms with Gasteiger partial charge >= 0.3 is 0 Å². The van der Waals surface area contributed by atoms with Crippen molar-refractivity contribution in [3.05, 3.63) is 24.0 Å². The average molecular weight is 370 g/mol. The predicted molar refractivity (Wildman–Crippen MR) is 103 cm³/mol. The second-order valence-corrected chi connectivity index (χ2v) is 9.70. The molecular formula is C22H31N3O2. The fourth-order valence-corrected chi connectivity index (χ4v) is 6.84. The summed E-state index contributed by atoms with van der Waals surface area (Å²) in [6.07, 6.45) is 12.2. The Morgan fingerprint density at radius 3 is 2.11 bits per heavy atom. The number of nitrogens with zero attached hydrogens (tertiary/aromatic N) is 3. The van der Waals surface area contributed by atoms with Gasteiger partial charge in [0.25, 0.3) is 5.91 Å². The molecule has 0 aromatic carbocycles. The Bertz CT molecular complexity index is 717. The van der Waals surface area contributed by atoms with Crippen molar-refractivity contribution in [3.63, 3.8) is 0 Å². The number of aryl methyl sites for hydroxylation is 1. The summed E-state index contributed by atoms with van der Waals surface area (Å²) in [4.78, 5) is 30.4. The van der Waals surface area contributed by atoms with Crippen LogP contribution in [0.3, 0.4) is 0 Å². The maximum atomic E-state index is 13.6. The van der Waals surface area contributed by atoms with Crippen molar-refractivity contribution in [1.29, 1.82) is 0 Å². The fourth-order valence-electron chi connectivity index (χ4n) is 6.84. The summed E-state index contributed by atoms with van der Waals surface area (Å²) in [6, 6.07) is 1.88. The highest BCUT2D eigenvalue weighted by Gasteiger charge is 2.55. The van der Waals surface area contributed by atoms with E-state index >= 15 is 0 Å². The normalized spacial score (nSPS) is 35.4. The molecule has 0 spiro atoms. The molecule has 1 aliphatic heterocycles. The SMILES string of the molecule is Cn1ccc(C(=O)N2CCCN(C(=O)C34CC5CC(CC(C5)C3)C4)CC2)c1. The summed E-state index contributed by atoms with van der Waals surface area (Å²) in [5.74, 6) is 2.89. The van der Waals surface area contributed by atoms with Gasteiger partial charge in [-0.15, -0.1) is 0 Å². The molecule has 0 atom stereocenters. The monoisotopic (exact) mass is 369 g/mol. The van der Waals surface area contributed by atoms with E-state index in [0.29, 0.717) is 19.0 Å². The number of hydrogen-bond donors (Lipinski definition) is 0. The lowest BCUT2D eigenvalue weighted by molar-refractivity contribution is -0.157. The molecule has 2 amide bonds.